The van der Waals surface area contributed by atoms with Crippen molar-refractivity contribution in [2.75, 3.05) is 5.32 Å². The fourth-order valence-corrected chi connectivity index (χ4v) is 5.84. The third-order valence-corrected chi connectivity index (χ3v) is 8.07. The summed E-state index contributed by atoms with van der Waals surface area (Å²) in [4.78, 5) is 30.1. The minimum atomic E-state index is -2.86. The number of halogens is 2. The van der Waals surface area contributed by atoms with E-state index in [2.05, 4.69) is 29.2 Å². The molecule has 0 aliphatic heterocycles. The number of aryl methyl sites for hydroxylation is 3. The Balaban J connectivity index is 1.50. The summed E-state index contributed by atoms with van der Waals surface area (Å²) < 4.78 is 41.2. The summed E-state index contributed by atoms with van der Waals surface area (Å²) in [5.41, 5.74) is 8.88. The smallest absolute Gasteiger partial charge is 0.291 e. The minimum absolute atomic E-state index is 0.0279. The van der Waals surface area contributed by atoms with E-state index in [1.807, 2.05) is 32.0 Å². The van der Waals surface area contributed by atoms with Crippen LogP contribution in [0, 0.1) is 13.8 Å². The summed E-state index contributed by atoms with van der Waals surface area (Å²) in [5, 5.41) is 7.48. The van der Waals surface area contributed by atoms with E-state index >= 15 is 0 Å². The van der Waals surface area contributed by atoms with E-state index in [0.29, 0.717) is 34.5 Å². The Bertz CT molecular complexity index is 1840. The molecule has 5 rings (SSSR count). The molecule has 224 valence electrons. The normalized spacial score (nSPS) is 11.6. The average Bonchev–Trinajstić information content (AvgIpc) is 3.68. The number of carbonyl (C=O) groups is 2. The summed E-state index contributed by atoms with van der Waals surface area (Å²) in [6, 6.07) is 10.4. The first-order valence-electron chi connectivity index (χ1n) is 13.7. The molecule has 0 bridgehead atoms. The Kier molecular flexibility index (Phi) is 8.32. The second-order valence-corrected chi connectivity index (χ2v) is 11.4. The number of hydrogen-bond acceptors (Lipinski definition) is 7. The third kappa shape index (κ3) is 6.00. The van der Waals surface area contributed by atoms with Crippen LogP contribution >= 0.6 is 11.3 Å². The topological polar surface area (TPSA) is 125 Å². The molecule has 4 aromatic heterocycles. The van der Waals surface area contributed by atoms with Crippen LogP contribution in [0.2, 0.25) is 0 Å². The molecule has 43 heavy (non-hydrogen) atoms. The van der Waals surface area contributed by atoms with Gasteiger partial charge in [0.2, 0.25) is 0 Å². The van der Waals surface area contributed by atoms with Crippen molar-refractivity contribution in [1.29, 1.82) is 0 Å². The number of alkyl halides is 2. The number of pyridine rings is 1. The van der Waals surface area contributed by atoms with E-state index in [0.717, 1.165) is 28.2 Å². The van der Waals surface area contributed by atoms with Crippen molar-refractivity contribution in [2.24, 2.45) is 5.73 Å². The number of primary amides is 1. The number of nitrogens with two attached hydrogens (primary N) is 1. The first-order valence-corrected chi connectivity index (χ1v) is 14.5. The molecule has 0 fully saturated rings. The van der Waals surface area contributed by atoms with Gasteiger partial charge in [0.1, 0.15) is 33.5 Å². The van der Waals surface area contributed by atoms with Crippen molar-refractivity contribution in [1.82, 2.24) is 14.8 Å². The van der Waals surface area contributed by atoms with Gasteiger partial charge in [-0.25, -0.2) is 13.8 Å². The highest BCUT2D eigenvalue weighted by Gasteiger charge is 2.27. The molecule has 1 aromatic carbocycles. The fraction of sp³-hybridized carbons (Fsp3) is 0.290. The van der Waals surface area contributed by atoms with Gasteiger partial charge in [-0.15, -0.1) is 11.3 Å². The van der Waals surface area contributed by atoms with Gasteiger partial charge in [0.05, 0.1) is 11.4 Å². The number of amides is 2. The zero-order valence-corrected chi connectivity index (χ0v) is 25.1. The Morgan fingerprint density at radius 3 is 2.56 bits per heavy atom. The molecule has 2 amide bonds. The first kappa shape index (κ1) is 29.9. The molecule has 3 N–H and O–H groups in total. The standard InChI is InChI=1S/C31H31F2N5O4S/c1-6-38-13-21(17(5)37-38)20-12-22(28(32)33)35-31-25(20)26(27(43-31)29(34)39)36-30(40)23-10-8-18(42-23)14-41-24-11-16(4)7-9-19(24)15(2)3/h7-13,15,28H,6,14H2,1-5H3,(H2,34,39)(H,36,40). The molecule has 0 saturated heterocycles. The van der Waals surface area contributed by atoms with E-state index < -0.39 is 23.9 Å². The summed E-state index contributed by atoms with van der Waals surface area (Å²) in [6.07, 6.45) is -1.13. The van der Waals surface area contributed by atoms with Gasteiger partial charge in [-0.1, -0.05) is 26.0 Å². The number of nitrogens with zero attached hydrogens (tertiary/aromatic N) is 3. The van der Waals surface area contributed by atoms with Gasteiger partial charge < -0.3 is 20.2 Å². The zero-order chi connectivity index (χ0) is 31.0. The van der Waals surface area contributed by atoms with Crippen LogP contribution in [0.15, 0.2) is 47.0 Å². The maximum Gasteiger partial charge on any atom is 0.291 e. The van der Waals surface area contributed by atoms with Crippen LogP contribution in [0.1, 0.15) is 81.6 Å². The number of anilines is 1. The Morgan fingerprint density at radius 2 is 1.91 bits per heavy atom. The Labute approximate surface area is 250 Å². The maximum atomic E-state index is 13.9. The molecule has 0 unspecified atom stereocenters. The van der Waals surface area contributed by atoms with Crippen molar-refractivity contribution in [3.8, 4) is 16.9 Å². The number of ether oxygens (including phenoxy) is 1. The molecule has 9 nitrogen and oxygen atoms in total. The number of carbonyl (C=O) groups excluding carboxylic acids is 2. The number of furan rings is 1. The molecule has 0 spiro atoms. The van der Waals surface area contributed by atoms with Crippen LogP contribution in [0.25, 0.3) is 21.3 Å². The maximum absolute atomic E-state index is 13.9. The van der Waals surface area contributed by atoms with Gasteiger partial charge in [-0.05, 0) is 67.6 Å². The van der Waals surface area contributed by atoms with Gasteiger partial charge in [-0.3, -0.25) is 14.3 Å². The number of rotatable bonds is 10. The van der Waals surface area contributed by atoms with Crippen molar-refractivity contribution < 1.29 is 27.5 Å². The second-order valence-electron chi connectivity index (χ2n) is 10.4. The first-order chi connectivity index (χ1) is 20.5. The molecule has 0 atom stereocenters. The lowest BCUT2D eigenvalue weighted by atomic mass is 10.0. The molecule has 5 aromatic rings. The highest BCUT2D eigenvalue weighted by atomic mass is 32.1. The molecule has 0 saturated carbocycles. The molecular formula is C31H31F2N5O4S. The highest BCUT2D eigenvalue weighted by molar-refractivity contribution is 7.21. The SMILES string of the molecule is CCn1cc(-c2cc(C(F)F)nc3sc(C(N)=O)c(NC(=O)c4ccc(COc5cc(C)ccc5C(C)C)o4)c23)c(C)n1. The quantitative estimate of drug-likeness (QED) is 0.171. The van der Waals surface area contributed by atoms with Crippen molar-refractivity contribution in [3.05, 3.63) is 81.5 Å². The van der Waals surface area contributed by atoms with Crippen molar-refractivity contribution >= 4 is 39.1 Å². The van der Waals surface area contributed by atoms with Gasteiger partial charge in [0.15, 0.2) is 5.76 Å². The second kappa shape index (κ2) is 12.0. The number of fused-ring (bicyclic) bond motifs is 1. The average molecular weight is 608 g/mol. The Morgan fingerprint density at radius 1 is 1.14 bits per heavy atom. The molecule has 0 aliphatic carbocycles. The van der Waals surface area contributed by atoms with Gasteiger partial charge in [-0.2, -0.15) is 5.10 Å². The van der Waals surface area contributed by atoms with Crippen LogP contribution in [-0.2, 0) is 13.2 Å². The van der Waals surface area contributed by atoms with E-state index in [1.54, 1.807) is 23.9 Å². The summed E-state index contributed by atoms with van der Waals surface area (Å²) in [6.45, 7) is 10.4. The van der Waals surface area contributed by atoms with Crippen LogP contribution in [-0.4, -0.2) is 26.6 Å². The lowest BCUT2D eigenvalue weighted by molar-refractivity contribution is 0.0992. The monoisotopic (exact) mass is 607 g/mol. The summed E-state index contributed by atoms with van der Waals surface area (Å²) in [5.74, 6) is -0.121. The van der Waals surface area contributed by atoms with E-state index in [4.69, 9.17) is 14.9 Å². The predicted molar refractivity (Wildman–Crippen MR) is 161 cm³/mol. The van der Waals surface area contributed by atoms with Crippen LogP contribution in [0.3, 0.4) is 0 Å². The van der Waals surface area contributed by atoms with E-state index in [1.165, 1.54) is 12.1 Å². The van der Waals surface area contributed by atoms with E-state index in [9.17, 15) is 18.4 Å². The van der Waals surface area contributed by atoms with Gasteiger partial charge >= 0.3 is 0 Å². The number of benzene rings is 1. The number of hydrogen-bond donors (Lipinski definition) is 2. The lowest BCUT2D eigenvalue weighted by Crippen LogP contribution is -2.16. The van der Waals surface area contributed by atoms with Crippen LogP contribution < -0.4 is 15.8 Å². The van der Waals surface area contributed by atoms with Gasteiger partial charge in [0.25, 0.3) is 18.2 Å². The fourth-order valence-electron chi connectivity index (χ4n) is 4.82. The van der Waals surface area contributed by atoms with Crippen molar-refractivity contribution in [2.45, 2.75) is 60.1 Å². The number of nitrogens with one attached hydrogen (secondary N) is 1. The molecule has 0 aliphatic rings. The van der Waals surface area contributed by atoms with Crippen LogP contribution in [0.5, 0.6) is 5.75 Å². The van der Waals surface area contributed by atoms with Crippen LogP contribution in [0.4, 0.5) is 14.5 Å². The van der Waals surface area contributed by atoms with E-state index in [-0.39, 0.29) is 33.7 Å². The Hall–Kier alpha value is -4.58. The highest BCUT2D eigenvalue weighted by Crippen LogP contribution is 2.43. The lowest BCUT2D eigenvalue weighted by Gasteiger charge is -2.14. The largest absolute Gasteiger partial charge is 0.485 e. The van der Waals surface area contributed by atoms with Gasteiger partial charge in [0, 0.05) is 23.7 Å². The summed E-state index contributed by atoms with van der Waals surface area (Å²) in [7, 11) is 0. The molecular weight excluding hydrogens is 576 g/mol. The number of thiophene rings is 1. The third-order valence-electron chi connectivity index (χ3n) is 6.97. The minimum Gasteiger partial charge on any atom is -0.485 e. The van der Waals surface area contributed by atoms with Crippen molar-refractivity contribution in [3.63, 3.8) is 0 Å². The zero-order valence-electron chi connectivity index (χ0n) is 24.3. The molecule has 0 radical (unpaired) electrons. The number of aromatic nitrogens is 3. The molecule has 12 heteroatoms. The summed E-state index contributed by atoms with van der Waals surface area (Å²) >= 11 is 0.832. The molecule has 4 heterocycles. The predicted octanol–water partition coefficient (Wildman–Crippen LogP) is 7.38.